The number of halogens is 1. The second-order valence-electron chi connectivity index (χ2n) is 8.48. The van der Waals surface area contributed by atoms with E-state index in [1.54, 1.807) is 0 Å². The number of aromatic nitrogens is 1. The van der Waals surface area contributed by atoms with Gasteiger partial charge in [-0.3, -0.25) is 24.6 Å². The number of piperidine rings is 1. The Balaban J connectivity index is 1.33. The molecular formula is C22H24FN5O4. The standard InChI is InChI=1S/C22H24FN5O4/c1-13-19(32-12-24-13)11-26-4-6-27(7-5-26)18-9-14(23)8-15-16(18)10-28(22(15)31)17-2-3-20(29)25-21(17)30/h8-9,12,17H,2-7,10-11H2,1H3,(H,25,29,30). The molecule has 4 heterocycles. The summed E-state index contributed by atoms with van der Waals surface area (Å²) in [5.41, 5.74) is 2.60. The first-order valence-corrected chi connectivity index (χ1v) is 10.7. The highest BCUT2D eigenvalue weighted by Gasteiger charge is 2.41. The van der Waals surface area contributed by atoms with Crippen molar-refractivity contribution >= 4 is 23.4 Å². The molecule has 2 saturated heterocycles. The molecule has 2 fully saturated rings. The van der Waals surface area contributed by atoms with Crippen molar-refractivity contribution in [1.82, 2.24) is 20.1 Å². The van der Waals surface area contributed by atoms with Crippen molar-refractivity contribution in [2.75, 3.05) is 31.1 Å². The van der Waals surface area contributed by atoms with E-state index in [9.17, 15) is 18.8 Å². The van der Waals surface area contributed by atoms with Crippen LogP contribution in [0.1, 0.15) is 40.2 Å². The molecule has 0 saturated carbocycles. The highest BCUT2D eigenvalue weighted by molar-refractivity contribution is 6.06. The summed E-state index contributed by atoms with van der Waals surface area (Å²) in [5.74, 6) is -0.802. The predicted octanol–water partition coefficient (Wildman–Crippen LogP) is 1.21. The molecule has 168 valence electrons. The Labute approximate surface area is 184 Å². The van der Waals surface area contributed by atoms with Crippen molar-refractivity contribution in [3.63, 3.8) is 0 Å². The Bertz CT molecular complexity index is 1090. The second-order valence-corrected chi connectivity index (χ2v) is 8.48. The molecule has 9 nitrogen and oxygen atoms in total. The monoisotopic (exact) mass is 441 g/mol. The van der Waals surface area contributed by atoms with Gasteiger partial charge < -0.3 is 14.2 Å². The maximum Gasteiger partial charge on any atom is 0.255 e. The van der Waals surface area contributed by atoms with E-state index in [2.05, 4.69) is 20.1 Å². The number of piperazine rings is 1. The Morgan fingerprint density at radius 2 is 1.97 bits per heavy atom. The number of anilines is 1. The van der Waals surface area contributed by atoms with Gasteiger partial charge in [0.25, 0.3) is 5.91 Å². The van der Waals surface area contributed by atoms with Crippen LogP contribution in [0.5, 0.6) is 0 Å². The molecule has 1 aromatic carbocycles. The summed E-state index contributed by atoms with van der Waals surface area (Å²) in [6, 6.07) is 2.00. The molecule has 3 aliphatic heterocycles. The lowest BCUT2D eigenvalue weighted by Crippen LogP contribution is -2.52. The number of imide groups is 1. The zero-order valence-electron chi connectivity index (χ0n) is 17.8. The van der Waals surface area contributed by atoms with E-state index < -0.39 is 17.8 Å². The van der Waals surface area contributed by atoms with Crippen LogP contribution in [0.15, 0.2) is 22.9 Å². The van der Waals surface area contributed by atoms with Gasteiger partial charge in [-0.1, -0.05) is 0 Å². The largest absolute Gasteiger partial charge is 0.447 e. The van der Waals surface area contributed by atoms with Crippen LogP contribution in [0.2, 0.25) is 0 Å². The van der Waals surface area contributed by atoms with Gasteiger partial charge in [0.05, 0.1) is 12.2 Å². The normalized spacial score (nSPS) is 21.8. The molecule has 0 aliphatic carbocycles. The second kappa shape index (κ2) is 8.01. The molecule has 3 amide bonds. The van der Waals surface area contributed by atoms with Crippen LogP contribution in [-0.4, -0.2) is 64.7 Å². The van der Waals surface area contributed by atoms with Gasteiger partial charge in [0.1, 0.15) is 17.6 Å². The summed E-state index contributed by atoms with van der Waals surface area (Å²) in [6.07, 6.45) is 1.91. The maximum atomic E-state index is 14.5. The Hall–Kier alpha value is -3.27. The lowest BCUT2D eigenvalue weighted by atomic mass is 10.0. The van der Waals surface area contributed by atoms with Gasteiger partial charge >= 0.3 is 0 Å². The highest BCUT2D eigenvalue weighted by Crippen LogP contribution is 2.35. The van der Waals surface area contributed by atoms with Crippen molar-refractivity contribution in [2.45, 2.75) is 38.9 Å². The number of fused-ring (bicyclic) bond motifs is 1. The average molecular weight is 441 g/mol. The molecule has 0 bridgehead atoms. The van der Waals surface area contributed by atoms with Crippen molar-refractivity contribution in [2.24, 2.45) is 0 Å². The van der Waals surface area contributed by atoms with Crippen molar-refractivity contribution in [3.8, 4) is 0 Å². The predicted molar refractivity (Wildman–Crippen MR) is 111 cm³/mol. The lowest BCUT2D eigenvalue weighted by molar-refractivity contribution is -0.136. The Kier molecular flexibility index (Phi) is 5.16. The first kappa shape index (κ1) is 20.6. The molecule has 32 heavy (non-hydrogen) atoms. The van der Waals surface area contributed by atoms with Crippen LogP contribution in [0, 0.1) is 12.7 Å². The molecule has 0 spiro atoms. The van der Waals surface area contributed by atoms with Gasteiger partial charge in [0.2, 0.25) is 11.8 Å². The fourth-order valence-corrected chi connectivity index (χ4v) is 4.72. The van der Waals surface area contributed by atoms with E-state index in [1.807, 2.05) is 6.92 Å². The van der Waals surface area contributed by atoms with Gasteiger partial charge in [-0.15, -0.1) is 0 Å². The average Bonchev–Trinajstić information content (AvgIpc) is 3.31. The van der Waals surface area contributed by atoms with Crippen molar-refractivity contribution in [3.05, 3.63) is 46.9 Å². The molecule has 1 N–H and O–H groups in total. The van der Waals surface area contributed by atoms with E-state index >= 15 is 0 Å². The van der Waals surface area contributed by atoms with E-state index in [-0.39, 0.29) is 31.2 Å². The van der Waals surface area contributed by atoms with E-state index in [1.165, 1.54) is 23.4 Å². The molecule has 10 heteroatoms. The third kappa shape index (κ3) is 3.64. The summed E-state index contributed by atoms with van der Waals surface area (Å²) in [6.45, 7) is 5.68. The van der Waals surface area contributed by atoms with Crippen LogP contribution >= 0.6 is 0 Å². The zero-order chi connectivity index (χ0) is 22.4. The minimum atomic E-state index is -0.717. The van der Waals surface area contributed by atoms with Gasteiger partial charge in [0, 0.05) is 56.0 Å². The van der Waals surface area contributed by atoms with Crippen LogP contribution in [0.25, 0.3) is 0 Å². The third-order valence-electron chi connectivity index (χ3n) is 6.52. The quantitative estimate of drug-likeness (QED) is 0.712. The smallest absolute Gasteiger partial charge is 0.255 e. The molecule has 5 rings (SSSR count). The summed E-state index contributed by atoms with van der Waals surface area (Å²) < 4.78 is 19.9. The summed E-state index contributed by atoms with van der Waals surface area (Å²) >= 11 is 0. The molecular weight excluding hydrogens is 417 g/mol. The minimum Gasteiger partial charge on any atom is -0.447 e. The summed E-state index contributed by atoms with van der Waals surface area (Å²) in [5, 5.41) is 2.30. The van der Waals surface area contributed by atoms with Gasteiger partial charge in [-0.25, -0.2) is 9.37 Å². The van der Waals surface area contributed by atoms with Gasteiger partial charge in [0.15, 0.2) is 6.39 Å². The molecule has 1 aromatic heterocycles. The van der Waals surface area contributed by atoms with E-state index in [0.717, 1.165) is 30.1 Å². The fourth-order valence-electron chi connectivity index (χ4n) is 4.72. The topological polar surface area (TPSA) is 99.0 Å². The Morgan fingerprint density at radius 1 is 1.19 bits per heavy atom. The maximum absolute atomic E-state index is 14.5. The number of nitrogens with one attached hydrogen (secondary N) is 1. The number of carbonyl (C=O) groups excluding carboxylic acids is 3. The molecule has 2 aromatic rings. The number of carbonyl (C=O) groups is 3. The SMILES string of the molecule is Cc1ncoc1CN1CCN(c2cc(F)cc3c2CN(C2CCC(=O)NC2=O)C3=O)CC1. The van der Waals surface area contributed by atoms with Crippen molar-refractivity contribution in [1.29, 1.82) is 0 Å². The van der Waals surface area contributed by atoms with Crippen LogP contribution in [0.4, 0.5) is 10.1 Å². The Morgan fingerprint density at radius 3 is 2.66 bits per heavy atom. The molecule has 1 unspecified atom stereocenters. The first-order valence-electron chi connectivity index (χ1n) is 10.7. The summed E-state index contributed by atoms with van der Waals surface area (Å²) in [4.78, 5) is 46.7. The van der Waals surface area contributed by atoms with Crippen LogP contribution < -0.4 is 10.2 Å². The van der Waals surface area contributed by atoms with Gasteiger partial charge in [-0.2, -0.15) is 0 Å². The van der Waals surface area contributed by atoms with E-state index in [4.69, 9.17) is 4.42 Å². The third-order valence-corrected chi connectivity index (χ3v) is 6.52. The van der Waals surface area contributed by atoms with Crippen molar-refractivity contribution < 1.29 is 23.2 Å². The van der Waals surface area contributed by atoms with Gasteiger partial charge in [-0.05, 0) is 25.5 Å². The van der Waals surface area contributed by atoms with E-state index in [0.29, 0.717) is 30.9 Å². The zero-order valence-corrected chi connectivity index (χ0v) is 17.8. The number of oxazole rings is 1. The number of rotatable bonds is 4. The number of nitrogens with zero attached hydrogens (tertiary/aromatic N) is 4. The number of hydrogen-bond donors (Lipinski definition) is 1. The van der Waals surface area contributed by atoms with Crippen LogP contribution in [0.3, 0.4) is 0 Å². The highest BCUT2D eigenvalue weighted by atomic mass is 19.1. The number of amides is 3. The van der Waals surface area contributed by atoms with Crippen LogP contribution in [-0.2, 0) is 22.7 Å². The lowest BCUT2D eigenvalue weighted by Gasteiger charge is -2.36. The number of hydrogen-bond acceptors (Lipinski definition) is 7. The number of aryl methyl sites for hydroxylation is 1. The fraction of sp³-hybridized carbons (Fsp3) is 0.455. The first-order chi connectivity index (χ1) is 15.4. The summed E-state index contributed by atoms with van der Waals surface area (Å²) in [7, 11) is 0. The molecule has 3 aliphatic rings. The minimum absolute atomic E-state index is 0.185. The molecule has 1 atom stereocenters. The molecule has 0 radical (unpaired) electrons. The number of benzene rings is 1.